The van der Waals surface area contributed by atoms with Gasteiger partial charge in [-0.1, -0.05) is 24.3 Å². The molecule has 1 aromatic heterocycles. The smallest absolute Gasteiger partial charge is 0.263 e. The molecule has 0 unspecified atom stereocenters. The highest BCUT2D eigenvalue weighted by Crippen LogP contribution is 2.33. The van der Waals surface area contributed by atoms with Gasteiger partial charge in [-0.15, -0.1) is 6.58 Å². The number of allylic oxidation sites excluding steroid dienone is 1. The maximum atomic E-state index is 13.3. The molecule has 10 heteroatoms. The fraction of sp³-hybridized carbons (Fsp3) is 0.304. The van der Waals surface area contributed by atoms with Crippen LogP contribution < -0.4 is 19.9 Å². The summed E-state index contributed by atoms with van der Waals surface area (Å²) >= 11 is 0. The number of nitrogens with zero attached hydrogens (tertiary/aromatic N) is 4. The summed E-state index contributed by atoms with van der Waals surface area (Å²) in [6, 6.07) is 11.8. The van der Waals surface area contributed by atoms with Crippen LogP contribution in [0.15, 0.2) is 64.8 Å². The largest absolute Gasteiger partial charge is 0.486 e. The third kappa shape index (κ3) is 3.85. The lowest BCUT2D eigenvalue weighted by Crippen LogP contribution is -2.50. The van der Waals surface area contributed by atoms with Gasteiger partial charge in [-0.2, -0.15) is 4.31 Å². The second-order valence-corrected chi connectivity index (χ2v) is 9.77. The van der Waals surface area contributed by atoms with Gasteiger partial charge in [0.1, 0.15) is 13.2 Å². The Hall–Kier alpha value is -3.37. The highest BCUT2D eigenvalue weighted by atomic mass is 32.2. The molecule has 3 heterocycles. The van der Waals surface area contributed by atoms with Crippen LogP contribution in [0.4, 0.5) is 5.95 Å². The number of hydrogen-bond acceptors (Lipinski definition) is 7. The second kappa shape index (κ2) is 8.53. The van der Waals surface area contributed by atoms with Gasteiger partial charge in [-0.25, -0.2) is 13.4 Å². The molecule has 0 saturated carbocycles. The second-order valence-electron chi connectivity index (χ2n) is 7.83. The Kier molecular flexibility index (Phi) is 5.55. The van der Waals surface area contributed by atoms with E-state index in [9.17, 15) is 13.2 Å². The van der Waals surface area contributed by atoms with Crippen LogP contribution in [0.3, 0.4) is 0 Å². The van der Waals surface area contributed by atoms with Crippen LogP contribution in [-0.2, 0) is 16.6 Å². The lowest BCUT2D eigenvalue weighted by molar-refractivity contribution is 0.172. The lowest BCUT2D eigenvalue weighted by Gasteiger charge is -2.35. The first-order chi connectivity index (χ1) is 16.0. The number of anilines is 1. The average Bonchev–Trinajstić information content (AvgIpc) is 2.85. The summed E-state index contributed by atoms with van der Waals surface area (Å²) < 4.78 is 40.2. The quantitative estimate of drug-likeness (QED) is 0.528. The Labute approximate surface area is 191 Å². The summed E-state index contributed by atoms with van der Waals surface area (Å²) in [7, 11) is -3.57. The molecule has 2 aliphatic heterocycles. The van der Waals surface area contributed by atoms with Crippen molar-refractivity contribution in [1.29, 1.82) is 0 Å². The third-order valence-electron chi connectivity index (χ3n) is 5.81. The number of sulfonamides is 1. The van der Waals surface area contributed by atoms with Crippen LogP contribution in [-0.4, -0.2) is 61.7 Å². The molecule has 0 aliphatic carbocycles. The summed E-state index contributed by atoms with van der Waals surface area (Å²) in [6.07, 6.45) is 1.65. The molecule has 3 aromatic rings. The van der Waals surface area contributed by atoms with E-state index in [2.05, 4.69) is 6.58 Å². The van der Waals surface area contributed by atoms with Crippen LogP contribution in [0.5, 0.6) is 11.5 Å². The van der Waals surface area contributed by atoms with Gasteiger partial charge in [0, 0.05) is 38.8 Å². The first-order valence-corrected chi connectivity index (χ1v) is 12.2. The molecule has 1 fully saturated rings. The predicted molar refractivity (Wildman–Crippen MR) is 125 cm³/mol. The number of fused-ring (bicyclic) bond motifs is 2. The Bertz CT molecular complexity index is 1360. The van der Waals surface area contributed by atoms with Crippen molar-refractivity contribution in [2.75, 3.05) is 44.3 Å². The first kappa shape index (κ1) is 21.5. The van der Waals surface area contributed by atoms with Crippen molar-refractivity contribution in [3.63, 3.8) is 0 Å². The predicted octanol–water partition coefficient (Wildman–Crippen LogP) is 1.86. The van der Waals surface area contributed by atoms with Gasteiger partial charge in [0.05, 0.1) is 15.8 Å². The fourth-order valence-electron chi connectivity index (χ4n) is 4.15. The summed E-state index contributed by atoms with van der Waals surface area (Å²) in [5, 5.41) is 0.440. The Balaban J connectivity index is 1.48. The molecule has 0 amide bonds. The van der Waals surface area contributed by atoms with Gasteiger partial charge in [0.2, 0.25) is 16.0 Å². The van der Waals surface area contributed by atoms with Crippen LogP contribution >= 0.6 is 0 Å². The van der Waals surface area contributed by atoms with E-state index in [4.69, 9.17) is 14.5 Å². The zero-order valence-electron chi connectivity index (χ0n) is 18.0. The van der Waals surface area contributed by atoms with E-state index in [0.717, 1.165) is 0 Å². The zero-order chi connectivity index (χ0) is 23.0. The van der Waals surface area contributed by atoms with E-state index in [-0.39, 0.29) is 17.0 Å². The fourth-order valence-corrected chi connectivity index (χ4v) is 5.59. The Morgan fingerprint density at radius 3 is 2.33 bits per heavy atom. The normalized spacial score (nSPS) is 16.7. The van der Waals surface area contributed by atoms with E-state index in [1.54, 1.807) is 53.1 Å². The topological polar surface area (TPSA) is 94.0 Å². The molecule has 9 nitrogen and oxygen atoms in total. The van der Waals surface area contributed by atoms with Crippen molar-refractivity contribution in [1.82, 2.24) is 13.9 Å². The number of rotatable bonds is 5. The van der Waals surface area contributed by atoms with Crippen molar-refractivity contribution in [3.8, 4) is 11.5 Å². The molecule has 2 aliphatic rings. The van der Waals surface area contributed by atoms with Crippen molar-refractivity contribution in [3.05, 3.63) is 65.5 Å². The number of ether oxygens (including phenoxy) is 2. The molecule has 33 heavy (non-hydrogen) atoms. The molecular formula is C23H24N4O5S. The third-order valence-corrected chi connectivity index (χ3v) is 7.72. The van der Waals surface area contributed by atoms with E-state index in [1.807, 2.05) is 4.90 Å². The minimum absolute atomic E-state index is 0.203. The monoisotopic (exact) mass is 468 g/mol. The van der Waals surface area contributed by atoms with E-state index in [0.29, 0.717) is 67.7 Å². The molecule has 0 spiro atoms. The molecular weight excluding hydrogens is 444 g/mol. The molecule has 0 N–H and O–H groups in total. The van der Waals surface area contributed by atoms with Crippen molar-refractivity contribution >= 4 is 26.9 Å². The minimum atomic E-state index is -3.57. The van der Waals surface area contributed by atoms with Gasteiger partial charge >= 0.3 is 0 Å². The summed E-state index contributed by atoms with van der Waals surface area (Å²) in [6.45, 7) is 6.33. The summed E-state index contributed by atoms with van der Waals surface area (Å²) in [5.74, 6) is 1.58. The van der Waals surface area contributed by atoms with Crippen molar-refractivity contribution in [2.24, 2.45) is 0 Å². The van der Waals surface area contributed by atoms with Gasteiger partial charge in [-0.3, -0.25) is 9.36 Å². The van der Waals surface area contributed by atoms with Crippen molar-refractivity contribution in [2.45, 2.75) is 11.4 Å². The number of hydrogen-bond donors (Lipinski definition) is 0. The molecule has 1 saturated heterocycles. The standard InChI is InChI=1S/C23H24N4O5S/c1-2-8-27-22(28)18-15-20-21(32-14-13-31-20)16-19(18)24-23(27)25-9-11-26(12-10-25)33(29,30)17-6-4-3-5-7-17/h2-7,15-16H,1,8-14H2. The van der Waals surface area contributed by atoms with E-state index in [1.165, 1.54) is 4.31 Å². The van der Waals surface area contributed by atoms with Gasteiger partial charge < -0.3 is 14.4 Å². The summed E-state index contributed by atoms with van der Waals surface area (Å²) in [4.78, 5) is 20.3. The van der Waals surface area contributed by atoms with E-state index >= 15 is 0 Å². The number of benzene rings is 2. The molecule has 0 radical (unpaired) electrons. The minimum Gasteiger partial charge on any atom is -0.486 e. The molecule has 172 valence electrons. The number of aromatic nitrogens is 2. The van der Waals surface area contributed by atoms with Gasteiger partial charge in [0.15, 0.2) is 11.5 Å². The van der Waals surface area contributed by atoms with Crippen LogP contribution in [0.1, 0.15) is 0 Å². The number of piperazine rings is 1. The van der Waals surface area contributed by atoms with Crippen LogP contribution in [0.25, 0.3) is 10.9 Å². The Morgan fingerprint density at radius 2 is 1.67 bits per heavy atom. The highest BCUT2D eigenvalue weighted by Gasteiger charge is 2.30. The Morgan fingerprint density at radius 1 is 1.00 bits per heavy atom. The van der Waals surface area contributed by atoms with E-state index < -0.39 is 10.0 Å². The maximum absolute atomic E-state index is 13.3. The SMILES string of the molecule is C=CCn1c(N2CCN(S(=O)(=O)c3ccccc3)CC2)nc2cc3c(cc2c1=O)OCCO3. The van der Waals surface area contributed by atoms with Gasteiger partial charge in [0.25, 0.3) is 5.56 Å². The maximum Gasteiger partial charge on any atom is 0.263 e. The van der Waals surface area contributed by atoms with Crippen LogP contribution in [0, 0.1) is 0 Å². The highest BCUT2D eigenvalue weighted by molar-refractivity contribution is 7.89. The molecule has 2 aromatic carbocycles. The van der Waals surface area contributed by atoms with Crippen LogP contribution in [0.2, 0.25) is 0 Å². The summed E-state index contributed by atoms with van der Waals surface area (Å²) in [5.41, 5.74) is 0.310. The average molecular weight is 469 g/mol. The first-order valence-electron chi connectivity index (χ1n) is 10.7. The lowest BCUT2D eigenvalue weighted by atomic mass is 10.2. The molecule has 0 bridgehead atoms. The van der Waals surface area contributed by atoms with Crippen molar-refractivity contribution < 1.29 is 17.9 Å². The molecule has 0 atom stereocenters. The zero-order valence-corrected chi connectivity index (χ0v) is 18.8. The van der Waals surface area contributed by atoms with Gasteiger partial charge in [-0.05, 0) is 18.2 Å². The molecule has 5 rings (SSSR count).